The van der Waals surface area contributed by atoms with E-state index in [1.54, 1.807) is 7.11 Å². The Labute approximate surface area is 126 Å². The van der Waals surface area contributed by atoms with Crippen LogP contribution in [0.25, 0.3) is 11.3 Å². The molecule has 1 aromatic carbocycles. The van der Waals surface area contributed by atoms with Gasteiger partial charge in [-0.25, -0.2) is 0 Å². The lowest BCUT2D eigenvalue weighted by Gasteiger charge is -2.14. The van der Waals surface area contributed by atoms with E-state index in [2.05, 4.69) is 36.9 Å². The Morgan fingerprint density at radius 2 is 2.05 bits per heavy atom. The number of rotatable bonds is 4. The van der Waals surface area contributed by atoms with Gasteiger partial charge in [-0.3, -0.25) is 4.68 Å². The molecular formula is C18H24N2O. The predicted molar refractivity (Wildman–Crippen MR) is 85.8 cm³/mol. The third-order valence-electron chi connectivity index (χ3n) is 4.39. The summed E-state index contributed by atoms with van der Waals surface area (Å²) in [6, 6.07) is 6.56. The van der Waals surface area contributed by atoms with Crippen molar-refractivity contribution >= 4 is 0 Å². The number of fused-ring (bicyclic) bond motifs is 1. The summed E-state index contributed by atoms with van der Waals surface area (Å²) in [7, 11) is 3.82. The van der Waals surface area contributed by atoms with Crippen LogP contribution < -0.4 is 4.74 Å². The highest BCUT2D eigenvalue weighted by atomic mass is 16.5. The second kappa shape index (κ2) is 5.92. The van der Waals surface area contributed by atoms with Gasteiger partial charge < -0.3 is 4.74 Å². The molecule has 0 saturated carbocycles. The van der Waals surface area contributed by atoms with Crippen molar-refractivity contribution in [3.05, 3.63) is 35.0 Å². The fourth-order valence-electron chi connectivity index (χ4n) is 3.43. The maximum Gasteiger partial charge on any atom is 0.122 e. The molecule has 2 aromatic rings. The molecule has 0 unspecified atom stereocenters. The molecule has 0 amide bonds. The molecule has 1 aliphatic rings. The maximum atomic E-state index is 5.49. The van der Waals surface area contributed by atoms with Gasteiger partial charge in [0.15, 0.2) is 0 Å². The molecule has 0 fully saturated rings. The van der Waals surface area contributed by atoms with Crippen molar-refractivity contribution < 1.29 is 4.74 Å². The normalized spacial score (nSPS) is 14.0. The van der Waals surface area contributed by atoms with Gasteiger partial charge in [-0.15, -0.1) is 0 Å². The molecule has 0 bridgehead atoms. The minimum Gasteiger partial charge on any atom is -0.496 e. The summed E-state index contributed by atoms with van der Waals surface area (Å²) in [4.78, 5) is 0. The molecule has 0 atom stereocenters. The van der Waals surface area contributed by atoms with Gasteiger partial charge in [0.25, 0.3) is 0 Å². The summed E-state index contributed by atoms with van der Waals surface area (Å²) in [6.45, 7) is 2.21. The van der Waals surface area contributed by atoms with Gasteiger partial charge in [-0.1, -0.05) is 13.3 Å². The summed E-state index contributed by atoms with van der Waals surface area (Å²) < 4.78 is 7.55. The monoisotopic (exact) mass is 284 g/mol. The quantitative estimate of drug-likeness (QED) is 0.850. The first kappa shape index (κ1) is 14.2. The number of ether oxygens (including phenoxy) is 1. The second-order valence-electron chi connectivity index (χ2n) is 5.88. The molecule has 0 N–H and O–H groups in total. The SMILES string of the molecule is CCCc1cc(-c2c3c(nn2C)CCCC3)ccc1OC. The summed E-state index contributed by atoms with van der Waals surface area (Å²) >= 11 is 0. The average Bonchev–Trinajstić information content (AvgIpc) is 2.83. The molecule has 21 heavy (non-hydrogen) atoms. The lowest BCUT2D eigenvalue weighted by atomic mass is 9.92. The lowest BCUT2D eigenvalue weighted by Crippen LogP contribution is -2.01. The smallest absolute Gasteiger partial charge is 0.122 e. The van der Waals surface area contributed by atoms with Crippen molar-refractivity contribution in [2.24, 2.45) is 7.05 Å². The van der Waals surface area contributed by atoms with Crippen molar-refractivity contribution in [1.29, 1.82) is 0 Å². The zero-order chi connectivity index (χ0) is 14.8. The van der Waals surface area contributed by atoms with Crippen molar-refractivity contribution in [3.63, 3.8) is 0 Å². The Morgan fingerprint density at radius 1 is 1.24 bits per heavy atom. The van der Waals surface area contributed by atoms with Crippen LogP contribution in [0.3, 0.4) is 0 Å². The second-order valence-corrected chi connectivity index (χ2v) is 5.88. The molecule has 0 saturated heterocycles. The molecule has 1 aromatic heterocycles. The van der Waals surface area contributed by atoms with Crippen LogP contribution >= 0.6 is 0 Å². The summed E-state index contributed by atoms with van der Waals surface area (Å²) in [6.07, 6.45) is 7.02. The van der Waals surface area contributed by atoms with Crippen LogP contribution in [-0.2, 0) is 26.3 Å². The molecule has 112 valence electrons. The third-order valence-corrected chi connectivity index (χ3v) is 4.39. The zero-order valence-electron chi connectivity index (χ0n) is 13.3. The molecule has 3 heteroatoms. The van der Waals surface area contributed by atoms with Crippen LogP contribution in [0.2, 0.25) is 0 Å². The van der Waals surface area contributed by atoms with Crippen LogP contribution in [0.4, 0.5) is 0 Å². The minimum absolute atomic E-state index is 0.997. The standard InChI is InChI=1S/C18H24N2O/c1-4-7-13-12-14(10-11-17(13)21-3)18-15-8-5-6-9-16(15)19-20(18)2/h10-12H,4-9H2,1-3H3. The Kier molecular flexibility index (Phi) is 4.00. The van der Waals surface area contributed by atoms with E-state index in [9.17, 15) is 0 Å². The van der Waals surface area contributed by atoms with Crippen molar-refractivity contribution in [3.8, 4) is 17.0 Å². The Balaban J connectivity index is 2.08. The van der Waals surface area contributed by atoms with Gasteiger partial charge in [0.05, 0.1) is 18.5 Å². The van der Waals surface area contributed by atoms with Crippen LogP contribution in [0.5, 0.6) is 5.75 Å². The topological polar surface area (TPSA) is 27.1 Å². The Hall–Kier alpha value is -1.77. The van der Waals surface area contributed by atoms with E-state index in [1.807, 2.05) is 0 Å². The van der Waals surface area contributed by atoms with Gasteiger partial charge in [0.1, 0.15) is 5.75 Å². The third kappa shape index (κ3) is 2.57. The fourth-order valence-corrected chi connectivity index (χ4v) is 3.43. The Bertz CT molecular complexity index is 643. The van der Waals surface area contributed by atoms with Crippen LogP contribution in [0.15, 0.2) is 18.2 Å². The van der Waals surface area contributed by atoms with Crippen molar-refractivity contribution in [2.45, 2.75) is 45.4 Å². The molecule has 1 aliphatic carbocycles. The molecule has 1 heterocycles. The molecule has 0 radical (unpaired) electrons. The lowest BCUT2D eigenvalue weighted by molar-refractivity contribution is 0.409. The number of nitrogens with zero attached hydrogens (tertiary/aromatic N) is 2. The summed E-state index contributed by atoms with van der Waals surface area (Å²) in [5.74, 6) is 0.997. The highest BCUT2D eigenvalue weighted by Gasteiger charge is 2.20. The van der Waals surface area contributed by atoms with E-state index in [0.29, 0.717) is 0 Å². The number of hydrogen-bond donors (Lipinski definition) is 0. The first-order chi connectivity index (χ1) is 10.2. The average molecular weight is 284 g/mol. The summed E-state index contributed by atoms with van der Waals surface area (Å²) in [5.41, 5.74) is 6.62. The van der Waals surface area contributed by atoms with Crippen molar-refractivity contribution in [2.75, 3.05) is 7.11 Å². The van der Waals surface area contributed by atoms with E-state index >= 15 is 0 Å². The fraction of sp³-hybridized carbons (Fsp3) is 0.500. The molecule has 0 spiro atoms. The summed E-state index contributed by atoms with van der Waals surface area (Å²) in [5, 5.41) is 4.73. The van der Waals surface area contributed by atoms with Gasteiger partial charge >= 0.3 is 0 Å². The van der Waals surface area contributed by atoms with Gasteiger partial charge in [-0.05, 0) is 55.9 Å². The van der Waals surface area contributed by atoms with Crippen LogP contribution in [0, 0.1) is 0 Å². The Morgan fingerprint density at radius 3 is 2.81 bits per heavy atom. The number of methoxy groups -OCH3 is 1. The van der Waals surface area contributed by atoms with E-state index in [4.69, 9.17) is 9.84 Å². The highest BCUT2D eigenvalue weighted by molar-refractivity contribution is 5.67. The van der Waals surface area contributed by atoms with Gasteiger partial charge in [-0.2, -0.15) is 5.10 Å². The zero-order valence-corrected chi connectivity index (χ0v) is 13.3. The maximum absolute atomic E-state index is 5.49. The van der Waals surface area contributed by atoms with Gasteiger partial charge in [0.2, 0.25) is 0 Å². The molecule has 3 rings (SSSR count). The van der Waals surface area contributed by atoms with E-state index in [0.717, 1.165) is 31.4 Å². The van der Waals surface area contributed by atoms with E-state index in [-0.39, 0.29) is 0 Å². The van der Waals surface area contributed by atoms with Crippen LogP contribution in [0.1, 0.15) is 43.0 Å². The number of aromatic nitrogens is 2. The first-order valence-electron chi connectivity index (χ1n) is 7.96. The highest BCUT2D eigenvalue weighted by Crippen LogP contribution is 2.33. The van der Waals surface area contributed by atoms with Crippen molar-refractivity contribution in [1.82, 2.24) is 9.78 Å². The van der Waals surface area contributed by atoms with E-state index in [1.165, 1.54) is 40.9 Å². The largest absolute Gasteiger partial charge is 0.496 e. The van der Waals surface area contributed by atoms with E-state index < -0.39 is 0 Å². The van der Waals surface area contributed by atoms with Crippen LogP contribution in [-0.4, -0.2) is 16.9 Å². The number of benzene rings is 1. The molecule has 3 nitrogen and oxygen atoms in total. The predicted octanol–water partition coefficient (Wildman–Crippen LogP) is 3.93. The minimum atomic E-state index is 0.997. The number of hydrogen-bond acceptors (Lipinski definition) is 2. The van der Waals surface area contributed by atoms with Gasteiger partial charge in [0, 0.05) is 18.2 Å². The number of aryl methyl sites for hydroxylation is 3. The molecular weight excluding hydrogens is 260 g/mol. The first-order valence-corrected chi connectivity index (χ1v) is 7.96. The molecule has 0 aliphatic heterocycles.